The Morgan fingerprint density at radius 2 is 2.09 bits per heavy atom. The molecule has 0 aliphatic carbocycles. The zero-order valence-electron chi connectivity index (χ0n) is 12.1. The van der Waals surface area contributed by atoms with Crippen LogP contribution in [0, 0.1) is 0 Å². The maximum absolute atomic E-state index is 9.56. The Hall–Kier alpha value is -2.28. The smallest absolute Gasteiger partial charge is 0.522 e. The van der Waals surface area contributed by atoms with Crippen LogP contribution in [0.1, 0.15) is 5.56 Å². The van der Waals surface area contributed by atoms with Crippen LogP contribution in [0.2, 0.25) is 6.32 Å². The van der Waals surface area contributed by atoms with Gasteiger partial charge in [0.2, 0.25) is 5.95 Å². The van der Waals surface area contributed by atoms with E-state index in [-0.39, 0.29) is 6.10 Å². The molecule has 2 aromatic rings. The molecule has 1 aromatic carbocycles. The van der Waals surface area contributed by atoms with Crippen LogP contribution in [0.3, 0.4) is 0 Å². The summed E-state index contributed by atoms with van der Waals surface area (Å²) in [4.78, 5) is 10.5. The summed E-state index contributed by atoms with van der Waals surface area (Å²) in [5.41, 5.74) is 1.12. The lowest BCUT2D eigenvalue weighted by molar-refractivity contribution is 0.165. The molecule has 0 bridgehead atoms. The first-order valence-electron chi connectivity index (χ1n) is 7.44. The van der Waals surface area contributed by atoms with E-state index >= 15 is 0 Å². The van der Waals surface area contributed by atoms with Gasteiger partial charge in [0.1, 0.15) is 17.6 Å². The third-order valence-electron chi connectivity index (χ3n) is 3.95. The van der Waals surface area contributed by atoms with Crippen molar-refractivity contribution in [1.82, 2.24) is 9.97 Å². The Kier molecular flexibility index (Phi) is 3.34. The van der Waals surface area contributed by atoms with Crippen LogP contribution >= 0.6 is 0 Å². The highest BCUT2D eigenvalue weighted by molar-refractivity contribution is 6.44. The zero-order chi connectivity index (χ0) is 14.9. The largest absolute Gasteiger partial charge is 0.536 e. The molecule has 0 spiro atoms. The molecule has 0 unspecified atom stereocenters. The van der Waals surface area contributed by atoms with Gasteiger partial charge in [-0.3, -0.25) is 0 Å². The van der Waals surface area contributed by atoms with Crippen LogP contribution in [0.5, 0.6) is 11.5 Å². The van der Waals surface area contributed by atoms with Crippen molar-refractivity contribution in [3.8, 4) is 11.5 Å². The Morgan fingerprint density at radius 3 is 2.91 bits per heavy atom. The van der Waals surface area contributed by atoms with Gasteiger partial charge in [-0.15, -0.1) is 0 Å². The highest BCUT2D eigenvalue weighted by Gasteiger charge is 2.31. The van der Waals surface area contributed by atoms with E-state index in [1.165, 1.54) is 0 Å². The van der Waals surface area contributed by atoms with E-state index in [1.807, 2.05) is 18.2 Å². The molecule has 4 rings (SSSR count). The van der Waals surface area contributed by atoms with E-state index in [4.69, 9.17) is 9.39 Å². The molecule has 22 heavy (non-hydrogen) atoms. The maximum atomic E-state index is 9.56. The summed E-state index contributed by atoms with van der Waals surface area (Å²) >= 11 is 0. The number of ether oxygens (including phenoxy) is 1. The fourth-order valence-electron chi connectivity index (χ4n) is 2.73. The molecule has 2 aliphatic rings. The van der Waals surface area contributed by atoms with Crippen LogP contribution < -0.4 is 14.3 Å². The van der Waals surface area contributed by atoms with E-state index in [9.17, 15) is 5.02 Å². The van der Waals surface area contributed by atoms with Gasteiger partial charge in [0, 0.05) is 18.5 Å². The highest BCUT2D eigenvalue weighted by atomic mass is 16.5. The number of nitrogens with zero attached hydrogens (tertiary/aromatic N) is 3. The number of anilines is 1. The van der Waals surface area contributed by atoms with Gasteiger partial charge < -0.3 is 19.3 Å². The minimum atomic E-state index is -0.711. The molecular weight excluding hydrogens is 281 g/mol. The third-order valence-corrected chi connectivity index (χ3v) is 3.95. The number of rotatable bonds is 3. The molecule has 6 nitrogen and oxygen atoms in total. The summed E-state index contributed by atoms with van der Waals surface area (Å²) in [5, 5.41) is 9.56. The normalized spacial score (nSPS) is 17.5. The average molecular weight is 297 g/mol. The van der Waals surface area contributed by atoms with Gasteiger partial charge in [-0.2, -0.15) is 0 Å². The quantitative estimate of drug-likeness (QED) is 0.858. The van der Waals surface area contributed by atoms with Crippen molar-refractivity contribution < 1.29 is 14.4 Å². The zero-order valence-corrected chi connectivity index (χ0v) is 12.1. The fourth-order valence-corrected chi connectivity index (χ4v) is 2.73. The second kappa shape index (κ2) is 5.49. The number of hydrogen-bond donors (Lipinski definition) is 1. The molecular formula is C15H16BN3O3. The number of benzene rings is 1. The van der Waals surface area contributed by atoms with Crippen LogP contribution in [0.15, 0.2) is 36.7 Å². The minimum Gasteiger partial charge on any atom is -0.536 e. The lowest BCUT2D eigenvalue weighted by Gasteiger charge is -2.38. The van der Waals surface area contributed by atoms with E-state index in [0.717, 1.165) is 42.5 Å². The monoisotopic (exact) mass is 297 g/mol. The Balaban J connectivity index is 1.38. The number of aryl methyl sites for hydroxylation is 1. The molecule has 3 heterocycles. The fraction of sp³-hybridized carbons (Fsp3) is 0.333. The minimum absolute atomic E-state index is 0.121. The van der Waals surface area contributed by atoms with Crippen LogP contribution in [0.25, 0.3) is 0 Å². The highest BCUT2D eigenvalue weighted by Crippen LogP contribution is 2.31. The molecule has 1 saturated heterocycles. The van der Waals surface area contributed by atoms with Gasteiger partial charge in [-0.05, 0) is 30.4 Å². The Bertz CT molecular complexity index is 664. The van der Waals surface area contributed by atoms with Gasteiger partial charge >= 0.3 is 7.12 Å². The molecule has 1 N–H and O–H groups in total. The summed E-state index contributed by atoms with van der Waals surface area (Å²) < 4.78 is 11.4. The topological polar surface area (TPSA) is 67.7 Å². The van der Waals surface area contributed by atoms with Crippen molar-refractivity contribution in [2.45, 2.75) is 18.8 Å². The predicted molar refractivity (Wildman–Crippen MR) is 82.2 cm³/mol. The average Bonchev–Trinajstić information content (AvgIpc) is 2.51. The Morgan fingerprint density at radius 1 is 1.27 bits per heavy atom. The van der Waals surface area contributed by atoms with E-state index in [2.05, 4.69) is 14.9 Å². The molecule has 0 atom stereocenters. The van der Waals surface area contributed by atoms with Crippen molar-refractivity contribution in [2.24, 2.45) is 0 Å². The van der Waals surface area contributed by atoms with Crippen molar-refractivity contribution in [1.29, 1.82) is 0 Å². The summed E-state index contributed by atoms with van der Waals surface area (Å²) in [6.45, 7) is 1.54. The summed E-state index contributed by atoms with van der Waals surface area (Å²) in [6.07, 6.45) is 5.07. The predicted octanol–water partition coefficient (Wildman–Crippen LogP) is 1.16. The second-order valence-electron chi connectivity index (χ2n) is 5.57. The standard InChI is InChI=1S/C15H16BN3O3/c20-16-5-4-11-2-3-12(8-14(11)22-16)21-13-9-19(10-13)15-17-6-1-7-18-15/h1-3,6-8,13,20H,4-5,9-10H2. The van der Waals surface area contributed by atoms with Crippen molar-refractivity contribution in [3.63, 3.8) is 0 Å². The lowest BCUT2D eigenvalue weighted by Crippen LogP contribution is -2.54. The van der Waals surface area contributed by atoms with Gasteiger partial charge in [-0.1, -0.05) is 6.07 Å². The van der Waals surface area contributed by atoms with Gasteiger partial charge in [0.05, 0.1) is 13.1 Å². The van der Waals surface area contributed by atoms with E-state index < -0.39 is 7.12 Å². The van der Waals surface area contributed by atoms with Crippen LogP contribution in [-0.4, -0.2) is 41.3 Å². The third kappa shape index (κ3) is 2.59. The number of hydrogen-bond acceptors (Lipinski definition) is 6. The molecule has 2 aliphatic heterocycles. The molecule has 112 valence electrons. The van der Waals surface area contributed by atoms with Gasteiger partial charge in [0.25, 0.3) is 0 Å². The van der Waals surface area contributed by atoms with Crippen molar-refractivity contribution in [3.05, 3.63) is 42.2 Å². The van der Waals surface area contributed by atoms with Gasteiger partial charge in [0.15, 0.2) is 0 Å². The molecule has 1 aromatic heterocycles. The molecule has 0 amide bonds. The van der Waals surface area contributed by atoms with E-state index in [1.54, 1.807) is 18.5 Å². The molecule has 0 radical (unpaired) electrons. The Labute approximate surface area is 128 Å². The first-order chi connectivity index (χ1) is 10.8. The molecule has 7 heteroatoms. The van der Waals surface area contributed by atoms with Crippen molar-refractivity contribution >= 4 is 13.1 Å². The summed E-state index contributed by atoms with van der Waals surface area (Å²) in [7, 11) is -0.711. The number of aromatic nitrogens is 2. The van der Waals surface area contributed by atoms with E-state index in [0.29, 0.717) is 6.32 Å². The number of fused-ring (bicyclic) bond motifs is 1. The van der Waals surface area contributed by atoms with Crippen LogP contribution in [0.4, 0.5) is 5.95 Å². The first kappa shape index (κ1) is 13.4. The van der Waals surface area contributed by atoms with Gasteiger partial charge in [-0.25, -0.2) is 9.97 Å². The second-order valence-corrected chi connectivity index (χ2v) is 5.57. The summed E-state index contributed by atoms with van der Waals surface area (Å²) in [5.74, 6) is 2.23. The van der Waals surface area contributed by atoms with Crippen LogP contribution in [-0.2, 0) is 6.42 Å². The summed E-state index contributed by atoms with van der Waals surface area (Å²) in [6, 6.07) is 7.63. The molecule has 1 fully saturated rings. The SMILES string of the molecule is OB1CCc2ccc(OC3CN(c4ncccn4)C3)cc2O1. The van der Waals surface area contributed by atoms with Crippen molar-refractivity contribution in [2.75, 3.05) is 18.0 Å². The lowest BCUT2D eigenvalue weighted by atomic mass is 9.79. The maximum Gasteiger partial charge on any atom is 0.522 e. The molecule has 0 saturated carbocycles. The first-order valence-corrected chi connectivity index (χ1v) is 7.44.